The Bertz CT molecular complexity index is 1100. The molecule has 1 aliphatic rings. The number of carbonyl (C=O) groups is 1. The minimum absolute atomic E-state index is 0.174. The highest BCUT2D eigenvalue weighted by Gasteiger charge is 2.35. The van der Waals surface area contributed by atoms with Crippen LogP contribution in [-0.2, 0) is 6.61 Å². The van der Waals surface area contributed by atoms with Gasteiger partial charge in [0.2, 0.25) is 0 Å². The Morgan fingerprint density at radius 1 is 1.13 bits per heavy atom. The van der Waals surface area contributed by atoms with Crippen molar-refractivity contribution in [3.63, 3.8) is 0 Å². The maximum atomic E-state index is 13.3. The topological polar surface area (TPSA) is 47.6 Å². The molecule has 0 radical (unpaired) electrons. The standard InChI is InChI=1S/C26H26ClNO3/c1-17-9-11-24-20(13-17)22(15-26(2,3)31-24)28-25(29)21-14-19(27)10-12-23(21)30-16-18-7-5-4-6-8-18/h4-14,22H,15-16H2,1-3H3,(H,28,29)/t22-/m0/s1. The molecule has 0 aromatic heterocycles. The number of aryl methyl sites for hydroxylation is 1. The summed E-state index contributed by atoms with van der Waals surface area (Å²) in [4.78, 5) is 13.3. The zero-order valence-electron chi connectivity index (χ0n) is 17.9. The van der Waals surface area contributed by atoms with Gasteiger partial charge in [0.1, 0.15) is 23.7 Å². The largest absolute Gasteiger partial charge is 0.488 e. The summed E-state index contributed by atoms with van der Waals surface area (Å²) in [5.41, 5.74) is 3.17. The average Bonchev–Trinajstić information content (AvgIpc) is 2.73. The van der Waals surface area contributed by atoms with Crippen LogP contribution in [0, 0.1) is 6.92 Å². The number of benzene rings is 3. The van der Waals surface area contributed by atoms with Gasteiger partial charge in [-0.2, -0.15) is 0 Å². The Hall–Kier alpha value is -2.98. The third kappa shape index (κ3) is 5.02. The van der Waals surface area contributed by atoms with Crippen LogP contribution >= 0.6 is 11.6 Å². The molecule has 3 aromatic carbocycles. The SMILES string of the molecule is Cc1ccc2c(c1)[C@@H](NC(=O)c1cc(Cl)ccc1OCc1ccccc1)CC(C)(C)O2. The molecule has 31 heavy (non-hydrogen) atoms. The van der Waals surface area contributed by atoms with Crippen LogP contribution in [0.4, 0.5) is 0 Å². The van der Waals surface area contributed by atoms with Crippen molar-refractivity contribution in [2.75, 3.05) is 0 Å². The number of amides is 1. The first-order valence-corrected chi connectivity index (χ1v) is 10.8. The summed E-state index contributed by atoms with van der Waals surface area (Å²) in [7, 11) is 0. The van der Waals surface area contributed by atoms with Gasteiger partial charge >= 0.3 is 0 Å². The van der Waals surface area contributed by atoms with E-state index in [9.17, 15) is 4.79 Å². The summed E-state index contributed by atoms with van der Waals surface area (Å²) in [6.45, 7) is 6.46. The van der Waals surface area contributed by atoms with Gasteiger partial charge < -0.3 is 14.8 Å². The number of rotatable bonds is 5. The Labute approximate surface area is 188 Å². The lowest BCUT2D eigenvalue weighted by atomic mass is 9.88. The molecule has 1 heterocycles. The van der Waals surface area contributed by atoms with Crippen LogP contribution in [-0.4, -0.2) is 11.5 Å². The first-order chi connectivity index (χ1) is 14.8. The lowest BCUT2D eigenvalue weighted by Gasteiger charge is -2.38. The van der Waals surface area contributed by atoms with Gasteiger partial charge in [-0.05, 0) is 50.6 Å². The second-order valence-corrected chi connectivity index (χ2v) is 8.98. The zero-order valence-corrected chi connectivity index (χ0v) is 18.7. The van der Waals surface area contributed by atoms with Gasteiger partial charge in [-0.15, -0.1) is 0 Å². The lowest BCUT2D eigenvalue weighted by Crippen LogP contribution is -2.41. The second-order valence-electron chi connectivity index (χ2n) is 8.55. The molecular weight excluding hydrogens is 410 g/mol. The summed E-state index contributed by atoms with van der Waals surface area (Å²) >= 11 is 6.21. The van der Waals surface area contributed by atoms with Crippen molar-refractivity contribution in [2.24, 2.45) is 0 Å². The van der Waals surface area contributed by atoms with Crippen molar-refractivity contribution in [1.29, 1.82) is 0 Å². The molecule has 1 aliphatic heterocycles. The quantitative estimate of drug-likeness (QED) is 0.514. The number of fused-ring (bicyclic) bond motifs is 1. The van der Waals surface area contributed by atoms with E-state index >= 15 is 0 Å². The smallest absolute Gasteiger partial charge is 0.255 e. The van der Waals surface area contributed by atoms with E-state index in [2.05, 4.69) is 11.4 Å². The summed E-state index contributed by atoms with van der Waals surface area (Å²) in [6.07, 6.45) is 0.663. The molecule has 0 saturated carbocycles. The van der Waals surface area contributed by atoms with Crippen molar-refractivity contribution in [1.82, 2.24) is 5.32 Å². The van der Waals surface area contributed by atoms with Gasteiger partial charge in [-0.1, -0.05) is 59.6 Å². The predicted molar refractivity (Wildman–Crippen MR) is 123 cm³/mol. The summed E-state index contributed by atoms with van der Waals surface area (Å²) < 4.78 is 12.1. The van der Waals surface area contributed by atoms with Crippen molar-refractivity contribution in [3.05, 3.63) is 94.0 Å². The number of carbonyl (C=O) groups excluding carboxylic acids is 1. The number of nitrogens with one attached hydrogen (secondary N) is 1. The molecule has 0 bridgehead atoms. The van der Waals surface area contributed by atoms with E-state index in [0.29, 0.717) is 29.4 Å². The Morgan fingerprint density at radius 3 is 2.68 bits per heavy atom. The first kappa shape index (κ1) is 21.3. The van der Waals surface area contributed by atoms with E-state index in [4.69, 9.17) is 21.1 Å². The van der Waals surface area contributed by atoms with Crippen LogP contribution in [0.5, 0.6) is 11.5 Å². The van der Waals surface area contributed by atoms with Crippen LogP contribution in [0.15, 0.2) is 66.7 Å². The molecule has 1 amide bonds. The summed E-state index contributed by atoms with van der Waals surface area (Å²) in [5, 5.41) is 3.67. The normalized spacial score (nSPS) is 16.7. The van der Waals surface area contributed by atoms with Crippen LogP contribution in [0.25, 0.3) is 0 Å². The fraction of sp³-hybridized carbons (Fsp3) is 0.269. The third-order valence-corrected chi connectivity index (χ3v) is 5.59. The van der Waals surface area contributed by atoms with Crippen molar-refractivity contribution < 1.29 is 14.3 Å². The molecule has 0 spiro atoms. The number of halogens is 1. The van der Waals surface area contributed by atoms with Crippen LogP contribution < -0.4 is 14.8 Å². The van der Waals surface area contributed by atoms with Crippen LogP contribution in [0.2, 0.25) is 5.02 Å². The molecule has 1 N–H and O–H groups in total. The average molecular weight is 436 g/mol. The maximum absolute atomic E-state index is 13.3. The van der Waals surface area contributed by atoms with Gasteiger partial charge in [0.15, 0.2) is 0 Å². The van der Waals surface area contributed by atoms with E-state index in [-0.39, 0.29) is 17.6 Å². The van der Waals surface area contributed by atoms with Gasteiger partial charge in [0, 0.05) is 17.0 Å². The maximum Gasteiger partial charge on any atom is 0.255 e. The monoisotopic (exact) mass is 435 g/mol. The first-order valence-electron chi connectivity index (χ1n) is 10.4. The summed E-state index contributed by atoms with van der Waals surface area (Å²) in [5.74, 6) is 1.08. The highest BCUT2D eigenvalue weighted by atomic mass is 35.5. The van der Waals surface area contributed by atoms with E-state index in [1.54, 1.807) is 18.2 Å². The number of ether oxygens (including phenoxy) is 2. The van der Waals surface area contributed by atoms with Gasteiger partial charge in [-0.25, -0.2) is 0 Å². The van der Waals surface area contributed by atoms with Crippen molar-refractivity contribution in [3.8, 4) is 11.5 Å². The van der Waals surface area contributed by atoms with Crippen LogP contribution in [0.1, 0.15) is 53.4 Å². The lowest BCUT2D eigenvalue weighted by molar-refractivity contribution is 0.0618. The molecule has 5 heteroatoms. The minimum atomic E-state index is -0.388. The zero-order chi connectivity index (χ0) is 22.0. The molecule has 0 unspecified atom stereocenters. The molecule has 4 nitrogen and oxygen atoms in total. The Morgan fingerprint density at radius 2 is 1.90 bits per heavy atom. The van der Waals surface area contributed by atoms with E-state index in [1.807, 2.05) is 63.2 Å². The third-order valence-electron chi connectivity index (χ3n) is 5.35. The summed E-state index contributed by atoms with van der Waals surface area (Å²) in [6, 6.07) is 20.9. The Kier molecular flexibility index (Phi) is 5.92. The van der Waals surface area contributed by atoms with Crippen LogP contribution in [0.3, 0.4) is 0 Å². The van der Waals surface area contributed by atoms with Crippen molar-refractivity contribution in [2.45, 2.75) is 45.4 Å². The Balaban J connectivity index is 1.59. The molecule has 0 fully saturated rings. The molecule has 4 rings (SSSR count). The fourth-order valence-corrected chi connectivity index (χ4v) is 4.05. The van der Waals surface area contributed by atoms with Gasteiger partial charge in [-0.3, -0.25) is 4.79 Å². The van der Waals surface area contributed by atoms with E-state index in [0.717, 1.165) is 22.4 Å². The van der Waals surface area contributed by atoms with Crippen molar-refractivity contribution >= 4 is 17.5 Å². The molecule has 1 atom stereocenters. The molecular formula is C26H26ClNO3. The van der Waals surface area contributed by atoms with E-state index in [1.165, 1.54) is 0 Å². The van der Waals surface area contributed by atoms with Gasteiger partial charge in [0.25, 0.3) is 5.91 Å². The molecule has 0 saturated heterocycles. The molecule has 160 valence electrons. The van der Waals surface area contributed by atoms with Gasteiger partial charge in [0.05, 0.1) is 11.6 Å². The fourth-order valence-electron chi connectivity index (χ4n) is 3.88. The molecule has 3 aromatic rings. The molecule has 0 aliphatic carbocycles. The predicted octanol–water partition coefficient (Wildman–Crippen LogP) is 6.26. The minimum Gasteiger partial charge on any atom is -0.488 e. The highest BCUT2D eigenvalue weighted by molar-refractivity contribution is 6.31. The number of hydrogen-bond acceptors (Lipinski definition) is 3. The number of hydrogen-bond donors (Lipinski definition) is 1. The van der Waals surface area contributed by atoms with E-state index < -0.39 is 0 Å². The highest BCUT2D eigenvalue weighted by Crippen LogP contribution is 2.40. The second kappa shape index (κ2) is 8.64.